The molecular formula is C19H13F6N3O5S. The average Bonchev–Trinajstić information content (AvgIpc) is 3.42. The molecule has 3 rings (SSSR count). The molecule has 0 fully saturated rings. The number of carboxylic acid groups (broad SMARTS) is 1. The normalized spacial score (nSPS) is 11.4. The summed E-state index contributed by atoms with van der Waals surface area (Å²) in [5.41, 5.74) is 0.801. The van der Waals surface area contributed by atoms with Gasteiger partial charge < -0.3 is 14.8 Å². The number of aromatic amines is 1. The lowest BCUT2D eigenvalue weighted by atomic mass is 10.2. The SMILES string of the molecule is CN(Cc1[nH+]c(-c2ccccc2)no1)C(=O)c1ccc(C(=O)C(F)(F)F)s1.O=C([O-])C(F)(F)F. The first-order chi connectivity index (χ1) is 15.7. The van der Waals surface area contributed by atoms with E-state index in [2.05, 4.69) is 10.1 Å². The number of carboxylic acids is 1. The van der Waals surface area contributed by atoms with Crippen LogP contribution in [0.1, 0.15) is 25.2 Å². The molecule has 0 saturated carbocycles. The Hall–Kier alpha value is -3.75. The lowest BCUT2D eigenvalue weighted by Crippen LogP contribution is -2.37. The van der Waals surface area contributed by atoms with Crippen molar-refractivity contribution in [1.29, 1.82) is 0 Å². The van der Waals surface area contributed by atoms with Crippen LogP contribution in [0.3, 0.4) is 0 Å². The van der Waals surface area contributed by atoms with E-state index in [0.717, 1.165) is 11.6 Å². The maximum Gasteiger partial charge on any atom is 0.455 e. The van der Waals surface area contributed by atoms with Gasteiger partial charge >= 0.3 is 24.1 Å². The summed E-state index contributed by atoms with van der Waals surface area (Å²) in [6, 6.07) is 11.4. The smallest absolute Gasteiger partial charge is 0.455 e. The van der Waals surface area contributed by atoms with Gasteiger partial charge in [-0.05, 0) is 24.3 Å². The van der Waals surface area contributed by atoms with E-state index < -0.39 is 34.9 Å². The molecule has 0 bridgehead atoms. The van der Waals surface area contributed by atoms with Gasteiger partial charge in [0.05, 0.1) is 15.3 Å². The zero-order valence-corrected chi connectivity index (χ0v) is 17.7. The molecule has 0 radical (unpaired) electrons. The number of hydrogen-bond donors (Lipinski definition) is 0. The van der Waals surface area contributed by atoms with Crippen LogP contribution in [0.5, 0.6) is 0 Å². The topological polar surface area (TPSA) is 118 Å². The fraction of sp³-hybridized carbons (Fsp3) is 0.211. The maximum absolute atomic E-state index is 12.5. The predicted molar refractivity (Wildman–Crippen MR) is 100 cm³/mol. The van der Waals surface area contributed by atoms with Gasteiger partial charge in [-0.3, -0.25) is 9.59 Å². The molecule has 34 heavy (non-hydrogen) atoms. The molecule has 1 N–H and O–H groups in total. The highest BCUT2D eigenvalue weighted by Crippen LogP contribution is 2.27. The van der Waals surface area contributed by atoms with Gasteiger partial charge in [-0.2, -0.15) is 26.3 Å². The number of carbonyl (C=O) groups excluding carboxylic acids is 3. The molecular weight excluding hydrogens is 496 g/mol. The third-order valence-corrected chi connectivity index (χ3v) is 4.88. The Labute approximate surface area is 190 Å². The number of H-pyrrole nitrogens is 1. The lowest BCUT2D eigenvalue weighted by molar-refractivity contribution is -0.387. The summed E-state index contributed by atoms with van der Waals surface area (Å²) in [6.07, 6.45) is -10.2. The number of benzene rings is 1. The molecule has 182 valence electrons. The number of rotatable bonds is 5. The molecule has 0 atom stereocenters. The number of hydrogen-bond acceptors (Lipinski definition) is 7. The van der Waals surface area contributed by atoms with Crippen molar-refractivity contribution in [3.63, 3.8) is 0 Å². The number of nitrogens with one attached hydrogen (secondary N) is 1. The summed E-state index contributed by atoms with van der Waals surface area (Å²) in [7, 11) is 1.46. The van der Waals surface area contributed by atoms with E-state index in [1.165, 1.54) is 18.0 Å². The fourth-order valence-electron chi connectivity index (χ4n) is 2.26. The molecule has 1 aromatic carbocycles. The van der Waals surface area contributed by atoms with Crippen LogP contribution in [0.4, 0.5) is 26.3 Å². The van der Waals surface area contributed by atoms with Gasteiger partial charge in [-0.25, -0.2) is 9.51 Å². The molecule has 0 unspecified atom stereocenters. The largest absolute Gasteiger partial charge is 0.542 e. The quantitative estimate of drug-likeness (QED) is 0.386. The van der Waals surface area contributed by atoms with Crippen molar-refractivity contribution in [3.8, 4) is 11.4 Å². The van der Waals surface area contributed by atoms with Crippen LogP contribution < -0.4 is 10.1 Å². The van der Waals surface area contributed by atoms with E-state index in [-0.39, 0.29) is 11.4 Å². The molecule has 0 spiro atoms. The second-order valence-electron chi connectivity index (χ2n) is 6.38. The minimum Gasteiger partial charge on any atom is -0.542 e. The highest BCUT2D eigenvalue weighted by molar-refractivity contribution is 7.16. The Morgan fingerprint density at radius 1 is 1.00 bits per heavy atom. The number of Topliss-reactive ketones (excluding diaryl/α,β-unsaturated/α-hetero) is 1. The summed E-state index contributed by atoms with van der Waals surface area (Å²) in [5.74, 6) is -4.72. The van der Waals surface area contributed by atoms with E-state index in [0.29, 0.717) is 23.1 Å². The third-order valence-electron chi connectivity index (χ3n) is 3.81. The van der Waals surface area contributed by atoms with Crippen LogP contribution >= 0.6 is 11.3 Å². The summed E-state index contributed by atoms with van der Waals surface area (Å²) in [4.78, 5) is 36.1. The summed E-state index contributed by atoms with van der Waals surface area (Å²) in [5, 5.41) is 12.7. The fourth-order valence-corrected chi connectivity index (χ4v) is 3.22. The van der Waals surface area contributed by atoms with Gasteiger partial charge in [-0.1, -0.05) is 18.2 Å². The number of halogens is 6. The van der Waals surface area contributed by atoms with E-state index in [9.17, 15) is 35.9 Å². The zero-order valence-electron chi connectivity index (χ0n) is 16.9. The van der Waals surface area contributed by atoms with Crippen LogP contribution in [-0.4, -0.2) is 47.1 Å². The molecule has 2 aromatic heterocycles. The van der Waals surface area contributed by atoms with Crippen molar-refractivity contribution >= 4 is 29.0 Å². The monoisotopic (exact) mass is 509 g/mol. The van der Waals surface area contributed by atoms with Gasteiger partial charge in [-0.15, -0.1) is 11.3 Å². The van der Waals surface area contributed by atoms with Crippen molar-refractivity contribution in [2.75, 3.05) is 7.05 Å². The minimum absolute atomic E-state index is 0.0212. The molecule has 15 heteroatoms. The van der Waals surface area contributed by atoms with Crippen LogP contribution in [0.25, 0.3) is 11.4 Å². The molecule has 8 nitrogen and oxygen atoms in total. The minimum atomic E-state index is -5.19. The van der Waals surface area contributed by atoms with E-state index >= 15 is 0 Å². The standard InChI is InChI=1S/C17H12F3N3O3S.C2HF3O2/c1-23(9-13-21-15(22-26-13)10-5-3-2-4-6-10)16(25)12-8-7-11(27-12)14(24)17(18,19)20;3-2(4,5)1(6)7/h2-8H,9H2,1H3;(H,6,7). The average molecular weight is 509 g/mol. The van der Waals surface area contributed by atoms with E-state index in [4.69, 9.17) is 14.4 Å². The highest BCUT2D eigenvalue weighted by Gasteiger charge is 2.40. The van der Waals surface area contributed by atoms with Crippen LogP contribution in [-0.2, 0) is 11.3 Å². The molecule has 3 aromatic rings. The number of nitrogens with zero attached hydrogens (tertiary/aromatic N) is 2. The Balaban J connectivity index is 0.000000509. The predicted octanol–water partition coefficient (Wildman–Crippen LogP) is 2.53. The van der Waals surface area contributed by atoms with Gasteiger partial charge in [0.2, 0.25) is 0 Å². The number of amides is 1. The van der Waals surface area contributed by atoms with Gasteiger partial charge in [0.1, 0.15) is 12.5 Å². The number of carbonyl (C=O) groups is 3. The van der Waals surface area contributed by atoms with Gasteiger partial charge in [0.15, 0.2) is 5.16 Å². The molecule has 0 saturated heterocycles. The van der Waals surface area contributed by atoms with E-state index in [1.54, 1.807) is 0 Å². The first-order valence-electron chi connectivity index (χ1n) is 8.88. The number of ketones is 1. The van der Waals surface area contributed by atoms with Crippen molar-refractivity contribution in [1.82, 2.24) is 10.1 Å². The van der Waals surface area contributed by atoms with Crippen molar-refractivity contribution < 1.29 is 55.3 Å². The van der Waals surface area contributed by atoms with Gasteiger partial charge in [0.25, 0.3) is 11.7 Å². The third kappa shape index (κ3) is 7.13. The Kier molecular flexibility index (Phi) is 8.15. The molecule has 2 heterocycles. The summed E-state index contributed by atoms with van der Waals surface area (Å²) < 4.78 is 74.1. The number of alkyl halides is 6. The van der Waals surface area contributed by atoms with Crippen LogP contribution in [0, 0.1) is 0 Å². The Morgan fingerprint density at radius 3 is 2.09 bits per heavy atom. The number of aliphatic carboxylic acids is 1. The second-order valence-corrected chi connectivity index (χ2v) is 7.47. The van der Waals surface area contributed by atoms with Crippen LogP contribution in [0.2, 0.25) is 0 Å². The second kappa shape index (κ2) is 10.5. The van der Waals surface area contributed by atoms with Crippen molar-refractivity contribution in [2.24, 2.45) is 0 Å². The van der Waals surface area contributed by atoms with Crippen molar-refractivity contribution in [3.05, 3.63) is 58.1 Å². The number of aromatic nitrogens is 2. The zero-order chi connectivity index (χ0) is 25.7. The van der Waals surface area contributed by atoms with E-state index in [1.807, 2.05) is 30.3 Å². The summed E-state index contributed by atoms with van der Waals surface area (Å²) in [6.45, 7) is 0.0269. The number of thiophene rings is 1. The first-order valence-corrected chi connectivity index (χ1v) is 9.70. The summed E-state index contributed by atoms with van der Waals surface area (Å²) >= 11 is 0.500. The Bertz CT molecular complexity index is 1160. The first kappa shape index (κ1) is 26.5. The molecule has 0 aliphatic carbocycles. The molecule has 0 aliphatic rings. The van der Waals surface area contributed by atoms with Crippen LogP contribution in [0.15, 0.2) is 47.0 Å². The molecule has 0 aliphatic heterocycles. The lowest BCUT2D eigenvalue weighted by Gasteiger charge is -2.12. The highest BCUT2D eigenvalue weighted by atomic mass is 32.1. The Morgan fingerprint density at radius 2 is 1.56 bits per heavy atom. The maximum atomic E-state index is 12.5. The van der Waals surface area contributed by atoms with Crippen molar-refractivity contribution in [2.45, 2.75) is 18.9 Å². The molecule has 1 amide bonds. The van der Waals surface area contributed by atoms with Gasteiger partial charge in [0, 0.05) is 7.05 Å².